The van der Waals surface area contributed by atoms with Gasteiger partial charge in [-0.15, -0.1) is 0 Å². The van der Waals surface area contributed by atoms with Gasteiger partial charge >= 0.3 is 0 Å². The third-order valence-electron chi connectivity index (χ3n) is 6.77. The molecule has 0 amide bonds. The van der Waals surface area contributed by atoms with Gasteiger partial charge in [0.25, 0.3) is 0 Å². The van der Waals surface area contributed by atoms with Crippen LogP contribution in [0.3, 0.4) is 0 Å². The van der Waals surface area contributed by atoms with Crippen LogP contribution < -0.4 is 4.90 Å². The Morgan fingerprint density at radius 1 is 0.364 bits per heavy atom. The van der Waals surface area contributed by atoms with Crippen molar-refractivity contribution >= 4 is 22.8 Å². The van der Waals surface area contributed by atoms with Gasteiger partial charge < -0.3 is 4.90 Å². The standard InChI is InChI=1S/C31H19NO/c33-31-26-15-4-3-12-22(26)25-16-9-19-29(30(25)31)32-27-17-7-5-13-23(27)20-10-1-2-11-21(20)24-14-6-8-18-28(24)32/h1-19H. The first-order valence-electron chi connectivity index (χ1n) is 11.2. The molecule has 2 nitrogen and oxygen atoms in total. The fourth-order valence-electron chi connectivity index (χ4n) is 5.38. The number of carbonyl (C=O) groups excluding carboxylic acids is 1. The van der Waals surface area contributed by atoms with Gasteiger partial charge in [0, 0.05) is 16.7 Å². The summed E-state index contributed by atoms with van der Waals surface area (Å²) >= 11 is 0. The molecular formula is C31H19NO. The van der Waals surface area contributed by atoms with Gasteiger partial charge in [0.2, 0.25) is 0 Å². The summed E-state index contributed by atoms with van der Waals surface area (Å²) in [5.74, 6) is 0.0907. The second kappa shape index (κ2) is 6.78. The molecule has 0 N–H and O–H groups in total. The summed E-state index contributed by atoms with van der Waals surface area (Å²) in [6.07, 6.45) is 0. The first-order chi connectivity index (χ1) is 16.3. The zero-order valence-corrected chi connectivity index (χ0v) is 17.8. The van der Waals surface area contributed by atoms with Gasteiger partial charge in [0.05, 0.1) is 22.6 Å². The van der Waals surface area contributed by atoms with Crippen LogP contribution in [0.25, 0.3) is 33.4 Å². The van der Waals surface area contributed by atoms with Crippen molar-refractivity contribution in [3.05, 3.63) is 126 Å². The number of carbonyl (C=O) groups is 1. The van der Waals surface area contributed by atoms with E-state index in [0.717, 1.165) is 50.4 Å². The molecule has 0 saturated heterocycles. The minimum Gasteiger partial charge on any atom is -0.308 e. The minimum absolute atomic E-state index is 0.0907. The van der Waals surface area contributed by atoms with Crippen molar-refractivity contribution in [2.45, 2.75) is 0 Å². The number of ketones is 1. The fourth-order valence-corrected chi connectivity index (χ4v) is 5.38. The molecule has 33 heavy (non-hydrogen) atoms. The van der Waals surface area contributed by atoms with Gasteiger partial charge in [-0.1, -0.05) is 97.1 Å². The molecule has 1 aliphatic carbocycles. The van der Waals surface area contributed by atoms with E-state index in [0.29, 0.717) is 0 Å². The number of rotatable bonds is 1. The van der Waals surface area contributed by atoms with Crippen LogP contribution in [-0.2, 0) is 0 Å². The number of fused-ring (bicyclic) bond motifs is 8. The molecule has 0 radical (unpaired) electrons. The summed E-state index contributed by atoms with van der Waals surface area (Å²) < 4.78 is 0. The SMILES string of the molecule is O=C1c2ccccc2-c2cccc(N3c4ccccc4-c4ccccc4-c4ccccc43)c21. The van der Waals surface area contributed by atoms with E-state index in [9.17, 15) is 4.79 Å². The largest absolute Gasteiger partial charge is 0.308 e. The van der Waals surface area contributed by atoms with E-state index in [4.69, 9.17) is 0 Å². The maximum absolute atomic E-state index is 13.7. The Morgan fingerprint density at radius 3 is 1.33 bits per heavy atom. The van der Waals surface area contributed by atoms with E-state index in [-0.39, 0.29) is 5.78 Å². The molecule has 2 aliphatic rings. The van der Waals surface area contributed by atoms with E-state index in [2.05, 4.69) is 95.9 Å². The molecule has 5 aromatic rings. The van der Waals surface area contributed by atoms with Crippen molar-refractivity contribution in [2.24, 2.45) is 0 Å². The zero-order chi connectivity index (χ0) is 21.9. The second-order valence-electron chi connectivity index (χ2n) is 8.49. The van der Waals surface area contributed by atoms with Gasteiger partial charge in [-0.25, -0.2) is 0 Å². The van der Waals surface area contributed by atoms with Crippen molar-refractivity contribution in [1.29, 1.82) is 0 Å². The summed E-state index contributed by atoms with van der Waals surface area (Å²) in [6, 6.07) is 39.6. The van der Waals surface area contributed by atoms with Crippen molar-refractivity contribution in [1.82, 2.24) is 0 Å². The van der Waals surface area contributed by atoms with Gasteiger partial charge in [-0.2, -0.15) is 0 Å². The van der Waals surface area contributed by atoms with E-state index >= 15 is 0 Å². The molecule has 0 unspecified atom stereocenters. The van der Waals surface area contributed by atoms with Crippen molar-refractivity contribution in [3.8, 4) is 33.4 Å². The number of para-hydroxylation sites is 2. The maximum atomic E-state index is 13.7. The molecule has 1 heterocycles. The topological polar surface area (TPSA) is 20.3 Å². The molecule has 0 bridgehead atoms. The number of anilines is 3. The smallest absolute Gasteiger partial charge is 0.196 e. The van der Waals surface area contributed by atoms with Crippen LogP contribution in [0.4, 0.5) is 17.1 Å². The average Bonchev–Trinajstić information content (AvgIpc) is 3.10. The van der Waals surface area contributed by atoms with E-state index < -0.39 is 0 Å². The molecule has 0 spiro atoms. The number of benzene rings is 5. The quantitative estimate of drug-likeness (QED) is 0.267. The van der Waals surface area contributed by atoms with Crippen LogP contribution in [0.1, 0.15) is 15.9 Å². The maximum Gasteiger partial charge on any atom is 0.196 e. The first-order valence-corrected chi connectivity index (χ1v) is 11.2. The molecule has 0 atom stereocenters. The van der Waals surface area contributed by atoms with Crippen LogP contribution in [0.5, 0.6) is 0 Å². The Hall–Kier alpha value is -4.43. The summed E-state index contributed by atoms with van der Waals surface area (Å²) in [5, 5.41) is 0. The molecule has 7 rings (SSSR count). The average molecular weight is 421 g/mol. The Balaban J connectivity index is 1.59. The van der Waals surface area contributed by atoms with Crippen molar-refractivity contribution in [3.63, 3.8) is 0 Å². The Kier molecular flexibility index (Phi) is 3.73. The lowest BCUT2D eigenvalue weighted by Gasteiger charge is -2.28. The van der Waals surface area contributed by atoms with Crippen LogP contribution in [0.2, 0.25) is 0 Å². The lowest BCUT2D eigenvalue weighted by atomic mass is 9.95. The minimum atomic E-state index is 0.0907. The van der Waals surface area contributed by atoms with E-state index in [1.807, 2.05) is 24.3 Å². The summed E-state index contributed by atoms with van der Waals surface area (Å²) in [7, 11) is 0. The Morgan fingerprint density at radius 2 is 0.758 bits per heavy atom. The van der Waals surface area contributed by atoms with E-state index in [1.165, 1.54) is 11.1 Å². The summed E-state index contributed by atoms with van der Waals surface area (Å²) in [4.78, 5) is 15.9. The van der Waals surface area contributed by atoms with Gasteiger partial charge in [0.1, 0.15) is 0 Å². The number of nitrogens with zero attached hydrogens (tertiary/aromatic N) is 1. The van der Waals surface area contributed by atoms with Gasteiger partial charge in [-0.3, -0.25) is 4.79 Å². The van der Waals surface area contributed by atoms with Gasteiger partial charge in [0.15, 0.2) is 5.78 Å². The van der Waals surface area contributed by atoms with Crippen molar-refractivity contribution in [2.75, 3.05) is 4.90 Å². The van der Waals surface area contributed by atoms with Crippen LogP contribution in [-0.4, -0.2) is 5.78 Å². The molecule has 154 valence electrons. The lowest BCUT2D eigenvalue weighted by molar-refractivity contribution is 0.104. The summed E-state index contributed by atoms with van der Waals surface area (Å²) in [5.41, 5.74) is 11.4. The van der Waals surface area contributed by atoms with Crippen LogP contribution in [0, 0.1) is 0 Å². The Labute approximate surface area is 192 Å². The van der Waals surface area contributed by atoms with Crippen LogP contribution in [0.15, 0.2) is 115 Å². The third kappa shape index (κ3) is 2.46. The molecule has 0 fully saturated rings. The first kappa shape index (κ1) is 18.2. The predicted octanol–water partition coefficient (Wildman–Crippen LogP) is 8.02. The molecule has 1 aliphatic heterocycles. The molecular weight excluding hydrogens is 402 g/mol. The van der Waals surface area contributed by atoms with Crippen LogP contribution >= 0.6 is 0 Å². The predicted molar refractivity (Wildman–Crippen MR) is 134 cm³/mol. The monoisotopic (exact) mass is 421 g/mol. The highest BCUT2D eigenvalue weighted by molar-refractivity contribution is 6.25. The lowest BCUT2D eigenvalue weighted by Crippen LogP contribution is -2.14. The normalized spacial score (nSPS) is 12.8. The number of hydrogen-bond donors (Lipinski definition) is 0. The molecule has 2 heteroatoms. The fraction of sp³-hybridized carbons (Fsp3) is 0. The zero-order valence-electron chi connectivity index (χ0n) is 17.8. The third-order valence-corrected chi connectivity index (χ3v) is 6.77. The highest BCUT2D eigenvalue weighted by atomic mass is 16.1. The molecule has 0 aromatic heterocycles. The Bertz CT molecular complexity index is 1530. The molecule has 5 aromatic carbocycles. The molecule has 0 saturated carbocycles. The number of hydrogen-bond acceptors (Lipinski definition) is 2. The highest BCUT2D eigenvalue weighted by Gasteiger charge is 2.33. The summed E-state index contributed by atoms with van der Waals surface area (Å²) in [6.45, 7) is 0. The van der Waals surface area contributed by atoms with Crippen molar-refractivity contribution < 1.29 is 4.79 Å². The van der Waals surface area contributed by atoms with Gasteiger partial charge in [-0.05, 0) is 40.5 Å². The highest BCUT2D eigenvalue weighted by Crippen LogP contribution is 2.53. The second-order valence-corrected chi connectivity index (χ2v) is 8.49. The van der Waals surface area contributed by atoms with E-state index in [1.54, 1.807) is 0 Å².